The number of nitrogens with zero attached hydrogens (tertiary/aromatic N) is 2. The van der Waals surface area contributed by atoms with Crippen molar-refractivity contribution in [1.82, 2.24) is 9.38 Å². The molecule has 2 aromatic heterocycles. The first kappa shape index (κ1) is 12.4. The molecule has 0 bridgehead atoms. The predicted molar refractivity (Wildman–Crippen MR) is 71.5 cm³/mol. The molecule has 102 valence electrons. The van der Waals surface area contributed by atoms with Gasteiger partial charge >= 0.3 is 0 Å². The monoisotopic (exact) mass is 275 g/mol. The first-order valence-corrected chi connectivity index (χ1v) is 5.88. The van der Waals surface area contributed by atoms with Crippen LogP contribution in [-0.2, 0) is 0 Å². The van der Waals surface area contributed by atoms with Crippen molar-refractivity contribution in [2.75, 3.05) is 12.8 Å². The number of anilines is 1. The highest BCUT2D eigenvalue weighted by Crippen LogP contribution is 2.30. The summed E-state index contributed by atoms with van der Waals surface area (Å²) in [5.41, 5.74) is 7.32. The van der Waals surface area contributed by atoms with E-state index in [1.165, 1.54) is 13.2 Å². The largest absolute Gasteiger partial charge is 0.493 e. The van der Waals surface area contributed by atoms with Gasteiger partial charge in [0.15, 0.2) is 23.0 Å². The highest BCUT2D eigenvalue weighted by Gasteiger charge is 2.15. The third kappa shape index (κ3) is 1.77. The molecule has 3 aromatic rings. The molecule has 1 aromatic carbocycles. The van der Waals surface area contributed by atoms with Crippen molar-refractivity contribution < 1.29 is 13.5 Å². The molecule has 0 atom stereocenters. The average Bonchev–Trinajstić information content (AvgIpc) is 2.79. The number of fused-ring (bicyclic) bond motifs is 1. The Hall–Kier alpha value is -2.63. The minimum Gasteiger partial charge on any atom is -0.493 e. The lowest BCUT2D eigenvalue weighted by Gasteiger charge is -2.01. The van der Waals surface area contributed by atoms with E-state index in [1.54, 1.807) is 22.7 Å². The molecule has 3 rings (SSSR count). The van der Waals surface area contributed by atoms with E-state index in [0.717, 1.165) is 12.1 Å². The second kappa shape index (κ2) is 4.48. The second-order valence-corrected chi connectivity index (χ2v) is 4.24. The van der Waals surface area contributed by atoms with Gasteiger partial charge in [-0.1, -0.05) is 0 Å². The number of ether oxygens (including phenoxy) is 1. The summed E-state index contributed by atoms with van der Waals surface area (Å²) in [6, 6.07) is 7.06. The van der Waals surface area contributed by atoms with Crippen LogP contribution in [-0.4, -0.2) is 16.5 Å². The van der Waals surface area contributed by atoms with Crippen molar-refractivity contribution in [2.24, 2.45) is 0 Å². The number of hydrogen-bond donors (Lipinski definition) is 1. The highest BCUT2D eigenvalue weighted by molar-refractivity contribution is 5.76. The van der Waals surface area contributed by atoms with Crippen molar-refractivity contribution in [3.8, 4) is 17.0 Å². The molecule has 0 radical (unpaired) electrons. The maximum atomic E-state index is 13.3. The minimum absolute atomic E-state index is 0.338. The normalized spacial score (nSPS) is 10.9. The van der Waals surface area contributed by atoms with Crippen LogP contribution < -0.4 is 10.5 Å². The summed E-state index contributed by atoms with van der Waals surface area (Å²) in [5.74, 6) is -0.961. The summed E-state index contributed by atoms with van der Waals surface area (Å²) in [5, 5.41) is 0. The SMILES string of the molecule is COc1cccn2c(N)c(-c3ccc(F)c(F)c3)nc12. The number of hydrogen-bond acceptors (Lipinski definition) is 3. The first-order valence-electron chi connectivity index (χ1n) is 5.88. The zero-order chi connectivity index (χ0) is 14.3. The summed E-state index contributed by atoms with van der Waals surface area (Å²) in [6.07, 6.45) is 1.73. The van der Waals surface area contributed by atoms with Crippen molar-refractivity contribution in [3.05, 3.63) is 48.2 Å². The fourth-order valence-electron chi connectivity index (χ4n) is 2.08. The van der Waals surface area contributed by atoms with E-state index >= 15 is 0 Å². The van der Waals surface area contributed by atoms with Gasteiger partial charge in [0.05, 0.1) is 7.11 Å². The summed E-state index contributed by atoms with van der Waals surface area (Å²) in [6.45, 7) is 0. The van der Waals surface area contributed by atoms with Crippen molar-refractivity contribution >= 4 is 11.5 Å². The van der Waals surface area contributed by atoms with Gasteiger partial charge in [0, 0.05) is 11.8 Å². The van der Waals surface area contributed by atoms with Gasteiger partial charge in [-0.25, -0.2) is 13.8 Å². The maximum absolute atomic E-state index is 13.3. The average molecular weight is 275 g/mol. The van der Waals surface area contributed by atoms with Crippen LogP contribution in [0.2, 0.25) is 0 Å². The molecule has 4 nitrogen and oxygen atoms in total. The topological polar surface area (TPSA) is 52.5 Å². The Morgan fingerprint density at radius 1 is 1.20 bits per heavy atom. The Morgan fingerprint density at radius 3 is 2.70 bits per heavy atom. The second-order valence-electron chi connectivity index (χ2n) is 4.24. The van der Waals surface area contributed by atoms with Crippen LogP contribution in [0.4, 0.5) is 14.6 Å². The molecule has 0 fully saturated rings. The molecule has 0 aliphatic carbocycles. The Labute approximate surface area is 113 Å². The van der Waals surface area contributed by atoms with Crippen LogP contribution >= 0.6 is 0 Å². The van der Waals surface area contributed by atoms with E-state index in [2.05, 4.69) is 4.98 Å². The predicted octanol–water partition coefficient (Wildman–Crippen LogP) is 2.87. The van der Waals surface area contributed by atoms with Gasteiger partial charge in [0.1, 0.15) is 11.5 Å². The smallest absolute Gasteiger partial charge is 0.181 e. The maximum Gasteiger partial charge on any atom is 0.181 e. The summed E-state index contributed by atoms with van der Waals surface area (Å²) in [7, 11) is 1.53. The van der Waals surface area contributed by atoms with Gasteiger partial charge in [0.25, 0.3) is 0 Å². The lowest BCUT2D eigenvalue weighted by Crippen LogP contribution is -1.95. The van der Waals surface area contributed by atoms with Crippen molar-refractivity contribution in [3.63, 3.8) is 0 Å². The van der Waals surface area contributed by atoms with Crippen LogP contribution in [0.25, 0.3) is 16.9 Å². The van der Waals surface area contributed by atoms with E-state index in [9.17, 15) is 8.78 Å². The van der Waals surface area contributed by atoms with Gasteiger partial charge in [-0.15, -0.1) is 0 Å². The highest BCUT2D eigenvalue weighted by atomic mass is 19.2. The Balaban J connectivity index is 2.26. The van der Waals surface area contributed by atoms with Gasteiger partial charge < -0.3 is 10.5 Å². The summed E-state index contributed by atoms with van der Waals surface area (Å²) in [4.78, 5) is 4.35. The number of imidazole rings is 1. The van der Waals surface area contributed by atoms with E-state index < -0.39 is 11.6 Å². The van der Waals surface area contributed by atoms with E-state index in [-0.39, 0.29) is 0 Å². The Bertz CT molecular complexity index is 798. The number of halogens is 2. The Morgan fingerprint density at radius 2 is 2.00 bits per heavy atom. The van der Waals surface area contributed by atoms with E-state index in [0.29, 0.717) is 28.5 Å². The quantitative estimate of drug-likeness (QED) is 0.782. The summed E-state index contributed by atoms with van der Waals surface area (Å²) < 4.78 is 33.1. The van der Waals surface area contributed by atoms with E-state index in [4.69, 9.17) is 10.5 Å². The van der Waals surface area contributed by atoms with Gasteiger partial charge in [-0.3, -0.25) is 4.40 Å². The van der Waals surface area contributed by atoms with Crippen LogP contribution in [0.3, 0.4) is 0 Å². The zero-order valence-corrected chi connectivity index (χ0v) is 10.6. The van der Waals surface area contributed by atoms with Crippen LogP contribution in [0.5, 0.6) is 5.75 Å². The van der Waals surface area contributed by atoms with Crippen LogP contribution in [0.15, 0.2) is 36.5 Å². The van der Waals surface area contributed by atoms with Gasteiger partial charge in [-0.2, -0.15) is 0 Å². The number of nitrogens with two attached hydrogens (primary N) is 1. The number of benzene rings is 1. The van der Waals surface area contributed by atoms with Crippen LogP contribution in [0, 0.1) is 11.6 Å². The fourth-order valence-corrected chi connectivity index (χ4v) is 2.08. The molecule has 2 heterocycles. The molecular formula is C14H11F2N3O. The van der Waals surface area contributed by atoms with Gasteiger partial charge in [-0.05, 0) is 30.3 Å². The van der Waals surface area contributed by atoms with E-state index in [1.807, 2.05) is 0 Å². The standard InChI is InChI=1S/C14H11F2N3O/c1-20-11-3-2-6-19-13(17)12(18-14(11)19)8-4-5-9(15)10(16)7-8/h2-7H,17H2,1H3. The lowest BCUT2D eigenvalue weighted by atomic mass is 10.1. The Kier molecular flexibility index (Phi) is 2.78. The molecular weight excluding hydrogens is 264 g/mol. The summed E-state index contributed by atoms with van der Waals surface area (Å²) >= 11 is 0. The molecule has 0 unspecified atom stereocenters. The minimum atomic E-state index is -0.939. The molecule has 2 N–H and O–H groups in total. The van der Waals surface area contributed by atoms with Crippen molar-refractivity contribution in [2.45, 2.75) is 0 Å². The molecule has 0 saturated carbocycles. The molecule has 6 heteroatoms. The van der Waals surface area contributed by atoms with Crippen LogP contribution in [0.1, 0.15) is 0 Å². The number of pyridine rings is 1. The number of methoxy groups -OCH3 is 1. The van der Waals surface area contributed by atoms with Crippen molar-refractivity contribution in [1.29, 1.82) is 0 Å². The first-order chi connectivity index (χ1) is 9.61. The molecule has 0 amide bonds. The fraction of sp³-hybridized carbons (Fsp3) is 0.0714. The van der Waals surface area contributed by atoms with Gasteiger partial charge in [0.2, 0.25) is 0 Å². The zero-order valence-electron chi connectivity index (χ0n) is 10.6. The third-order valence-corrected chi connectivity index (χ3v) is 3.06. The molecule has 0 aliphatic rings. The molecule has 0 aliphatic heterocycles. The number of nitrogen functional groups attached to an aromatic ring is 1. The number of aromatic nitrogens is 2. The molecule has 0 spiro atoms. The molecule has 0 saturated heterocycles. The number of rotatable bonds is 2. The lowest BCUT2D eigenvalue weighted by molar-refractivity contribution is 0.417. The third-order valence-electron chi connectivity index (χ3n) is 3.06. The molecule has 20 heavy (non-hydrogen) atoms.